The van der Waals surface area contributed by atoms with E-state index in [2.05, 4.69) is 20.7 Å². The summed E-state index contributed by atoms with van der Waals surface area (Å²) in [6.07, 6.45) is -0.505. The third kappa shape index (κ3) is 4.70. The van der Waals surface area contributed by atoms with Gasteiger partial charge in [0.1, 0.15) is 5.75 Å². The van der Waals surface area contributed by atoms with Crippen molar-refractivity contribution < 1.29 is 17.9 Å². The molecule has 5 heteroatoms. The summed E-state index contributed by atoms with van der Waals surface area (Å²) in [5.74, 6) is -0.180. The highest BCUT2D eigenvalue weighted by Crippen LogP contribution is 2.27. The molecule has 0 saturated carbocycles. The van der Waals surface area contributed by atoms with Gasteiger partial charge in [-0.1, -0.05) is 46.3 Å². The summed E-state index contributed by atoms with van der Waals surface area (Å²) in [4.78, 5) is 0. The first kappa shape index (κ1) is 13.1. The molecule has 0 aliphatic heterocycles. The number of ether oxygens (including phenoxy) is 1. The Morgan fingerprint density at radius 3 is 2.56 bits per heavy atom. The molecule has 0 N–H and O–H groups in total. The number of rotatable bonds is 4. The zero-order chi connectivity index (χ0) is 12.0. The zero-order valence-electron chi connectivity index (χ0n) is 8.30. The summed E-state index contributed by atoms with van der Waals surface area (Å²) in [5, 5.41) is 0.770. The Kier molecular flexibility index (Phi) is 4.86. The predicted octanol–water partition coefficient (Wildman–Crippen LogP) is 4.38. The van der Waals surface area contributed by atoms with Gasteiger partial charge in [-0.2, -0.15) is 0 Å². The normalized spacial score (nSPS) is 12.0. The van der Waals surface area contributed by atoms with Gasteiger partial charge in [-0.15, -0.1) is 13.2 Å². The summed E-state index contributed by atoms with van der Waals surface area (Å²) >= 11 is 3.23. The van der Waals surface area contributed by atoms with Crippen molar-refractivity contribution in [2.24, 2.45) is 0 Å². The SMILES string of the molecule is FC(F)(F)Oc1ccccc1C=CCCBr. The molecule has 16 heavy (non-hydrogen) atoms. The maximum Gasteiger partial charge on any atom is 0.573 e. The Labute approximate surface area is 100 Å². The van der Waals surface area contributed by atoms with Gasteiger partial charge >= 0.3 is 6.36 Å². The van der Waals surface area contributed by atoms with Gasteiger partial charge in [0.05, 0.1) is 0 Å². The van der Waals surface area contributed by atoms with Crippen LogP contribution >= 0.6 is 15.9 Å². The molecule has 0 aliphatic rings. The maximum absolute atomic E-state index is 12.1. The van der Waals surface area contributed by atoms with E-state index in [0.29, 0.717) is 5.56 Å². The minimum Gasteiger partial charge on any atom is -0.405 e. The number of alkyl halides is 4. The number of allylic oxidation sites excluding steroid dienone is 1. The Hall–Kier alpha value is -0.970. The molecule has 0 amide bonds. The van der Waals surface area contributed by atoms with Crippen LogP contribution in [-0.4, -0.2) is 11.7 Å². The van der Waals surface area contributed by atoms with Crippen molar-refractivity contribution in [2.45, 2.75) is 12.8 Å². The fraction of sp³-hybridized carbons (Fsp3) is 0.273. The Balaban J connectivity index is 2.83. The quantitative estimate of drug-likeness (QED) is 0.749. The van der Waals surface area contributed by atoms with E-state index in [4.69, 9.17) is 0 Å². The van der Waals surface area contributed by atoms with E-state index in [0.717, 1.165) is 11.8 Å². The van der Waals surface area contributed by atoms with E-state index < -0.39 is 6.36 Å². The highest BCUT2D eigenvalue weighted by Gasteiger charge is 2.31. The van der Waals surface area contributed by atoms with Crippen LogP contribution in [0.2, 0.25) is 0 Å². The summed E-state index contributed by atoms with van der Waals surface area (Å²) in [6, 6.07) is 6.03. The zero-order valence-corrected chi connectivity index (χ0v) is 9.88. The van der Waals surface area contributed by atoms with Crippen molar-refractivity contribution in [3.63, 3.8) is 0 Å². The van der Waals surface area contributed by atoms with Gasteiger partial charge in [0, 0.05) is 10.9 Å². The van der Waals surface area contributed by atoms with Crippen LogP contribution in [0.3, 0.4) is 0 Å². The number of benzene rings is 1. The van der Waals surface area contributed by atoms with Gasteiger partial charge in [-0.25, -0.2) is 0 Å². The molecule has 0 heterocycles. The van der Waals surface area contributed by atoms with Gasteiger partial charge in [-0.05, 0) is 12.5 Å². The first-order chi connectivity index (χ1) is 7.53. The lowest BCUT2D eigenvalue weighted by Gasteiger charge is -2.10. The topological polar surface area (TPSA) is 9.23 Å². The first-order valence-corrected chi connectivity index (χ1v) is 5.72. The van der Waals surface area contributed by atoms with Crippen LogP contribution in [0.1, 0.15) is 12.0 Å². The summed E-state index contributed by atoms with van der Waals surface area (Å²) in [7, 11) is 0. The van der Waals surface area contributed by atoms with Gasteiger partial charge in [0.2, 0.25) is 0 Å². The molecule has 1 aromatic carbocycles. The van der Waals surface area contributed by atoms with Gasteiger partial charge in [0.15, 0.2) is 0 Å². The molecule has 0 fully saturated rings. The van der Waals surface area contributed by atoms with Crippen molar-refractivity contribution in [2.75, 3.05) is 5.33 Å². The molecule has 0 spiro atoms. The fourth-order valence-corrected chi connectivity index (χ4v) is 1.37. The van der Waals surface area contributed by atoms with Crippen LogP contribution in [-0.2, 0) is 0 Å². The Bertz CT molecular complexity index is 360. The van der Waals surface area contributed by atoms with E-state index in [1.807, 2.05) is 0 Å². The van der Waals surface area contributed by atoms with Gasteiger partial charge in [-0.3, -0.25) is 0 Å². The fourth-order valence-electron chi connectivity index (χ4n) is 1.11. The predicted molar refractivity (Wildman–Crippen MR) is 60.6 cm³/mol. The van der Waals surface area contributed by atoms with Crippen LogP contribution in [0, 0.1) is 0 Å². The van der Waals surface area contributed by atoms with Crippen LogP contribution in [0.15, 0.2) is 30.3 Å². The van der Waals surface area contributed by atoms with Gasteiger partial charge in [0.25, 0.3) is 0 Å². The number of para-hydroxylation sites is 1. The highest BCUT2D eigenvalue weighted by molar-refractivity contribution is 9.09. The van der Waals surface area contributed by atoms with E-state index in [9.17, 15) is 13.2 Å². The summed E-state index contributed by atoms with van der Waals surface area (Å²) < 4.78 is 40.1. The van der Waals surface area contributed by atoms with E-state index in [1.165, 1.54) is 12.1 Å². The Morgan fingerprint density at radius 2 is 1.94 bits per heavy atom. The molecule has 0 bridgehead atoms. The second kappa shape index (κ2) is 5.94. The minimum atomic E-state index is -4.65. The standard InChI is InChI=1S/C11H10BrF3O/c12-8-4-3-6-9-5-1-2-7-10(9)16-11(13,14)15/h1-3,5-7H,4,8H2. The molecular weight excluding hydrogens is 285 g/mol. The smallest absolute Gasteiger partial charge is 0.405 e. The molecule has 1 aromatic rings. The van der Waals surface area contributed by atoms with Crippen molar-refractivity contribution >= 4 is 22.0 Å². The lowest BCUT2D eigenvalue weighted by Crippen LogP contribution is -2.17. The molecule has 1 nitrogen and oxygen atoms in total. The summed E-state index contributed by atoms with van der Waals surface area (Å²) in [5.41, 5.74) is 0.417. The van der Waals surface area contributed by atoms with Crippen LogP contribution in [0.5, 0.6) is 5.75 Å². The Morgan fingerprint density at radius 1 is 1.25 bits per heavy atom. The molecule has 1 rings (SSSR count). The first-order valence-electron chi connectivity index (χ1n) is 4.60. The van der Waals surface area contributed by atoms with Crippen LogP contribution < -0.4 is 4.74 Å². The molecule has 0 atom stereocenters. The number of hydrogen-bond acceptors (Lipinski definition) is 1. The van der Waals surface area contributed by atoms with E-state index >= 15 is 0 Å². The van der Waals surface area contributed by atoms with Gasteiger partial charge < -0.3 is 4.74 Å². The molecule has 88 valence electrons. The molecule has 0 aromatic heterocycles. The third-order valence-corrected chi connectivity index (χ3v) is 2.18. The van der Waals surface area contributed by atoms with Crippen molar-refractivity contribution in [1.82, 2.24) is 0 Å². The molecular formula is C11H10BrF3O. The monoisotopic (exact) mass is 294 g/mol. The third-order valence-electron chi connectivity index (χ3n) is 1.72. The molecule has 0 radical (unpaired) electrons. The molecule has 0 aliphatic carbocycles. The largest absolute Gasteiger partial charge is 0.573 e. The average Bonchev–Trinajstić information content (AvgIpc) is 2.19. The van der Waals surface area contributed by atoms with E-state index in [-0.39, 0.29) is 5.75 Å². The van der Waals surface area contributed by atoms with E-state index in [1.54, 1.807) is 24.3 Å². The van der Waals surface area contributed by atoms with Crippen LogP contribution in [0.4, 0.5) is 13.2 Å². The minimum absolute atomic E-state index is 0.180. The second-order valence-corrected chi connectivity index (χ2v) is 3.76. The van der Waals surface area contributed by atoms with Crippen LogP contribution in [0.25, 0.3) is 6.08 Å². The average molecular weight is 295 g/mol. The molecule has 0 unspecified atom stereocenters. The number of hydrogen-bond donors (Lipinski definition) is 0. The van der Waals surface area contributed by atoms with Crippen molar-refractivity contribution in [1.29, 1.82) is 0 Å². The van der Waals surface area contributed by atoms with Crippen molar-refractivity contribution in [3.8, 4) is 5.75 Å². The highest BCUT2D eigenvalue weighted by atomic mass is 79.9. The lowest BCUT2D eigenvalue weighted by molar-refractivity contribution is -0.274. The maximum atomic E-state index is 12.1. The van der Waals surface area contributed by atoms with Crippen molar-refractivity contribution in [3.05, 3.63) is 35.9 Å². The number of halogens is 4. The second-order valence-electron chi connectivity index (χ2n) is 2.97. The lowest BCUT2D eigenvalue weighted by atomic mass is 10.2. The molecule has 0 saturated heterocycles. The summed E-state index contributed by atoms with van der Waals surface area (Å²) in [6.45, 7) is 0.